The topological polar surface area (TPSA) is 79.8 Å². The molecule has 186 valence electrons. The lowest BCUT2D eigenvalue weighted by atomic mass is 9.87. The van der Waals surface area contributed by atoms with Crippen molar-refractivity contribution in [1.82, 2.24) is 14.9 Å². The van der Waals surface area contributed by atoms with Gasteiger partial charge in [-0.05, 0) is 49.1 Å². The summed E-state index contributed by atoms with van der Waals surface area (Å²) in [6.07, 6.45) is 1.33. The Morgan fingerprint density at radius 1 is 0.972 bits per heavy atom. The van der Waals surface area contributed by atoms with Crippen molar-refractivity contribution in [1.29, 1.82) is 0 Å². The SMILES string of the molecule is Cc1ccc(Nc2nc(N3CCN(Cc4ccc5c(c4)OCO5)CC3)nc3c2C(=O)CC(C)C3)cc1. The second-order valence-electron chi connectivity index (χ2n) is 10.1. The number of aryl methyl sites for hydroxylation is 1. The molecule has 1 N–H and O–H groups in total. The van der Waals surface area contributed by atoms with Crippen LogP contribution in [0.25, 0.3) is 0 Å². The predicted molar refractivity (Wildman–Crippen MR) is 138 cm³/mol. The van der Waals surface area contributed by atoms with Gasteiger partial charge in [-0.3, -0.25) is 9.69 Å². The molecule has 8 nitrogen and oxygen atoms in total. The summed E-state index contributed by atoms with van der Waals surface area (Å²) in [5, 5.41) is 3.41. The highest BCUT2D eigenvalue weighted by atomic mass is 16.7. The van der Waals surface area contributed by atoms with E-state index < -0.39 is 0 Å². The Kier molecular flexibility index (Phi) is 5.97. The molecule has 1 aliphatic carbocycles. The van der Waals surface area contributed by atoms with Gasteiger partial charge in [-0.2, -0.15) is 4.98 Å². The maximum atomic E-state index is 13.0. The van der Waals surface area contributed by atoms with Crippen molar-refractivity contribution in [2.75, 3.05) is 43.2 Å². The minimum Gasteiger partial charge on any atom is -0.454 e. The van der Waals surface area contributed by atoms with Crippen molar-refractivity contribution in [3.63, 3.8) is 0 Å². The van der Waals surface area contributed by atoms with Gasteiger partial charge in [0.25, 0.3) is 0 Å². The molecule has 0 spiro atoms. The molecule has 6 rings (SSSR count). The summed E-state index contributed by atoms with van der Waals surface area (Å²) < 4.78 is 11.0. The summed E-state index contributed by atoms with van der Waals surface area (Å²) in [5.74, 6) is 3.38. The number of benzene rings is 2. The zero-order valence-electron chi connectivity index (χ0n) is 20.8. The number of hydrogen-bond donors (Lipinski definition) is 1. The number of carbonyl (C=O) groups excluding carboxylic acids is 1. The Balaban J connectivity index is 1.20. The largest absolute Gasteiger partial charge is 0.454 e. The minimum atomic E-state index is 0.124. The molecule has 1 saturated heterocycles. The monoisotopic (exact) mass is 485 g/mol. The maximum absolute atomic E-state index is 13.0. The van der Waals surface area contributed by atoms with Crippen LogP contribution in [0.1, 0.15) is 40.5 Å². The van der Waals surface area contributed by atoms with Crippen LogP contribution in [-0.2, 0) is 13.0 Å². The number of hydrogen-bond acceptors (Lipinski definition) is 8. The van der Waals surface area contributed by atoms with Gasteiger partial charge in [0, 0.05) is 44.8 Å². The van der Waals surface area contributed by atoms with Gasteiger partial charge < -0.3 is 19.7 Å². The van der Waals surface area contributed by atoms with E-state index in [2.05, 4.69) is 53.2 Å². The predicted octanol–water partition coefficient (Wildman–Crippen LogP) is 4.34. The lowest BCUT2D eigenvalue weighted by Gasteiger charge is -2.35. The average molecular weight is 486 g/mol. The van der Waals surface area contributed by atoms with E-state index in [-0.39, 0.29) is 5.78 Å². The number of piperazine rings is 1. The van der Waals surface area contributed by atoms with E-state index in [1.807, 2.05) is 18.2 Å². The fraction of sp³-hybridized carbons (Fsp3) is 0.393. The zero-order valence-corrected chi connectivity index (χ0v) is 20.8. The quantitative estimate of drug-likeness (QED) is 0.572. The summed E-state index contributed by atoms with van der Waals surface area (Å²) in [7, 11) is 0. The molecule has 3 aliphatic rings. The third-order valence-corrected chi connectivity index (χ3v) is 7.14. The number of nitrogens with zero attached hydrogens (tertiary/aromatic N) is 4. The third kappa shape index (κ3) is 4.60. The summed E-state index contributed by atoms with van der Waals surface area (Å²) in [6, 6.07) is 14.3. The second kappa shape index (κ2) is 9.43. The molecule has 1 atom stereocenters. The molecule has 1 aromatic heterocycles. The van der Waals surface area contributed by atoms with Crippen molar-refractivity contribution in [3.05, 3.63) is 64.8 Å². The highest BCUT2D eigenvalue weighted by Crippen LogP contribution is 2.34. The first-order chi connectivity index (χ1) is 17.5. The Labute approximate surface area is 211 Å². The number of nitrogens with one attached hydrogen (secondary N) is 1. The first-order valence-corrected chi connectivity index (χ1v) is 12.7. The van der Waals surface area contributed by atoms with Crippen molar-refractivity contribution >= 4 is 23.2 Å². The molecule has 2 aliphatic heterocycles. The molecule has 36 heavy (non-hydrogen) atoms. The van der Waals surface area contributed by atoms with Gasteiger partial charge in [-0.1, -0.05) is 30.7 Å². The van der Waals surface area contributed by atoms with Gasteiger partial charge in [0.05, 0.1) is 11.3 Å². The van der Waals surface area contributed by atoms with Crippen LogP contribution in [-0.4, -0.2) is 53.6 Å². The third-order valence-electron chi connectivity index (χ3n) is 7.14. The standard InChI is InChI=1S/C28H31N5O3/c1-18-3-6-21(7-4-18)29-27-26-22(13-19(2)14-23(26)34)30-28(31-27)33-11-9-32(10-12-33)16-20-5-8-24-25(15-20)36-17-35-24/h3-8,15,19H,9-14,16-17H2,1-2H3,(H,29,30,31). The average Bonchev–Trinajstić information content (AvgIpc) is 3.33. The number of fused-ring (bicyclic) bond motifs is 2. The van der Waals surface area contributed by atoms with Gasteiger partial charge in [0.2, 0.25) is 12.7 Å². The van der Waals surface area contributed by atoms with E-state index in [9.17, 15) is 4.79 Å². The fourth-order valence-electron chi connectivity index (χ4n) is 5.16. The van der Waals surface area contributed by atoms with Crippen molar-refractivity contribution in [2.45, 2.75) is 33.2 Å². The van der Waals surface area contributed by atoms with E-state index in [4.69, 9.17) is 19.4 Å². The number of ether oxygens (including phenoxy) is 2. The highest BCUT2D eigenvalue weighted by molar-refractivity contribution is 6.03. The molecule has 1 fully saturated rings. The lowest BCUT2D eigenvalue weighted by Crippen LogP contribution is -2.46. The van der Waals surface area contributed by atoms with Crippen LogP contribution in [0.2, 0.25) is 0 Å². The Morgan fingerprint density at radius 3 is 2.56 bits per heavy atom. The summed E-state index contributed by atoms with van der Waals surface area (Å²) in [6.45, 7) is 8.81. The molecule has 0 radical (unpaired) electrons. The van der Waals surface area contributed by atoms with Crippen LogP contribution in [0.3, 0.4) is 0 Å². The fourth-order valence-corrected chi connectivity index (χ4v) is 5.16. The molecule has 1 unspecified atom stereocenters. The summed E-state index contributed by atoms with van der Waals surface area (Å²) in [5.41, 5.74) is 4.84. The summed E-state index contributed by atoms with van der Waals surface area (Å²) in [4.78, 5) is 27.4. The molecule has 0 saturated carbocycles. The van der Waals surface area contributed by atoms with E-state index in [1.54, 1.807) is 0 Å². The van der Waals surface area contributed by atoms with Gasteiger partial charge in [0.15, 0.2) is 17.3 Å². The van der Waals surface area contributed by atoms with E-state index in [0.717, 1.165) is 62.0 Å². The van der Waals surface area contributed by atoms with E-state index >= 15 is 0 Å². The molecular weight excluding hydrogens is 454 g/mol. The molecule has 8 heteroatoms. The summed E-state index contributed by atoms with van der Waals surface area (Å²) >= 11 is 0. The van der Waals surface area contributed by atoms with Crippen molar-refractivity contribution in [2.24, 2.45) is 5.92 Å². The molecule has 3 heterocycles. The van der Waals surface area contributed by atoms with Crippen LogP contribution < -0.4 is 19.7 Å². The van der Waals surface area contributed by atoms with Gasteiger partial charge in [-0.15, -0.1) is 0 Å². The van der Waals surface area contributed by atoms with Crippen LogP contribution in [0.4, 0.5) is 17.5 Å². The normalized spacial score (nSPS) is 19.3. The van der Waals surface area contributed by atoms with Crippen LogP contribution in [0, 0.1) is 12.8 Å². The lowest BCUT2D eigenvalue weighted by molar-refractivity contribution is 0.0952. The Bertz CT molecular complexity index is 1290. The van der Waals surface area contributed by atoms with Crippen molar-refractivity contribution < 1.29 is 14.3 Å². The van der Waals surface area contributed by atoms with E-state index in [1.165, 1.54) is 11.1 Å². The number of carbonyl (C=O) groups is 1. The number of aromatic nitrogens is 2. The first kappa shape index (κ1) is 22.8. The number of anilines is 3. The number of ketones is 1. The zero-order chi connectivity index (χ0) is 24.6. The first-order valence-electron chi connectivity index (χ1n) is 12.7. The molecule has 0 bridgehead atoms. The second-order valence-corrected chi connectivity index (χ2v) is 10.1. The molecule has 0 amide bonds. The Hall–Kier alpha value is -3.65. The molecule has 2 aromatic carbocycles. The van der Waals surface area contributed by atoms with Gasteiger partial charge >= 0.3 is 0 Å². The molecular formula is C28H31N5O3. The smallest absolute Gasteiger partial charge is 0.231 e. The van der Waals surface area contributed by atoms with Crippen molar-refractivity contribution in [3.8, 4) is 11.5 Å². The Morgan fingerprint density at radius 2 is 1.75 bits per heavy atom. The number of rotatable bonds is 5. The van der Waals surface area contributed by atoms with Gasteiger partial charge in [0.1, 0.15) is 5.82 Å². The molecule has 3 aromatic rings. The minimum absolute atomic E-state index is 0.124. The van der Waals surface area contributed by atoms with Gasteiger partial charge in [-0.25, -0.2) is 4.98 Å². The van der Waals surface area contributed by atoms with E-state index in [0.29, 0.717) is 36.5 Å². The highest BCUT2D eigenvalue weighted by Gasteiger charge is 2.30. The van der Waals surface area contributed by atoms with Crippen LogP contribution in [0.5, 0.6) is 11.5 Å². The van der Waals surface area contributed by atoms with Crippen LogP contribution in [0.15, 0.2) is 42.5 Å². The number of Topliss-reactive ketones (excluding diaryl/α,β-unsaturated/α-hetero) is 1. The van der Waals surface area contributed by atoms with Crippen LogP contribution >= 0.6 is 0 Å². The maximum Gasteiger partial charge on any atom is 0.231 e.